The van der Waals surface area contributed by atoms with Crippen LogP contribution in [0.25, 0.3) is 0 Å². The van der Waals surface area contributed by atoms with Crippen LogP contribution in [0.4, 0.5) is 0 Å². The second-order valence-electron chi connectivity index (χ2n) is 5.15. The lowest BCUT2D eigenvalue weighted by Crippen LogP contribution is -2.32. The van der Waals surface area contributed by atoms with Gasteiger partial charge in [-0.05, 0) is 31.7 Å². The van der Waals surface area contributed by atoms with Crippen LogP contribution in [-0.4, -0.2) is 40.5 Å². The van der Waals surface area contributed by atoms with E-state index in [0.717, 1.165) is 12.5 Å². The number of hydrogen-bond acceptors (Lipinski definition) is 3. The molecule has 4 nitrogen and oxygen atoms in total. The highest BCUT2D eigenvalue weighted by Gasteiger charge is 2.28. The molecule has 2 heterocycles. The number of imidazole rings is 1. The van der Waals surface area contributed by atoms with Gasteiger partial charge < -0.3 is 15.2 Å². The van der Waals surface area contributed by atoms with Crippen LogP contribution in [0.1, 0.15) is 25.0 Å². The molecule has 1 aromatic heterocycles. The molecule has 1 unspecified atom stereocenters. The number of aromatic amines is 1. The number of nitrogens with zero attached hydrogens (tertiary/aromatic N) is 2. The highest BCUT2D eigenvalue weighted by molar-refractivity contribution is 5.85. The van der Waals surface area contributed by atoms with Crippen LogP contribution in [0, 0.1) is 5.92 Å². The highest BCUT2D eigenvalue weighted by Crippen LogP contribution is 2.30. The fourth-order valence-corrected chi connectivity index (χ4v) is 2.47. The van der Waals surface area contributed by atoms with Gasteiger partial charge in [0.1, 0.15) is 0 Å². The van der Waals surface area contributed by atoms with Crippen LogP contribution in [0.15, 0.2) is 12.5 Å². The molecule has 1 atom stereocenters. The zero-order chi connectivity index (χ0) is 10.8. The van der Waals surface area contributed by atoms with Crippen LogP contribution in [0.3, 0.4) is 0 Å². The normalized spacial score (nSPS) is 24.8. The van der Waals surface area contributed by atoms with Crippen molar-refractivity contribution >= 4 is 12.4 Å². The van der Waals surface area contributed by atoms with Crippen molar-refractivity contribution < 1.29 is 0 Å². The molecule has 1 saturated carbocycles. The molecule has 3 rings (SSSR count). The first-order valence-corrected chi connectivity index (χ1v) is 6.33. The van der Waals surface area contributed by atoms with Gasteiger partial charge in [-0.15, -0.1) is 12.4 Å². The fourth-order valence-electron chi connectivity index (χ4n) is 2.47. The Hall–Kier alpha value is -0.580. The third-order valence-corrected chi connectivity index (χ3v) is 3.62. The van der Waals surface area contributed by atoms with Crippen LogP contribution in [-0.2, 0) is 6.54 Å². The molecule has 5 heteroatoms. The van der Waals surface area contributed by atoms with Gasteiger partial charge in [0.05, 0.1) is 6.33 Å². The minimum atomic E-state index is 0. The zero-order valence-corrected chi connectivity index (χ0v) is 10.9. The lowest BCUT2D eigenvalue weighted by Gasteiger charge is -2.15. The molecular formula is C12H21ClN4. The Morgan fingerprint density at radius 2 is 2.29 bits per heavy atom. The van der Waals surface area contributed by atoms with Crippen molar-refractivity contribution in [3.63, 3.8) is 0 Å². The molecular weight excluding hydrogens is 236 g/mol. The van der Waals surface area contributed by atoms with Crippen LogP contribution in [0.5, 0.6) is 0 Å². The van der Waals surface area contributed by atoms with E-state index >= 15 is 0 Å². The van der Waals surface area contributed by atoms with Gasteiger partial charge in [-0.3, -0.25) is 0 Å². The maximum absolute atomic E-state index is 4.02. The topological polar surface area (TPSA) is 44.0 Å². The van der Waals surface area contributed by atoms with Crippen LogP contribution < -0.4 is 5.32 Å². The van der Waals surface area contributed by atoms with Crippen molar-refractivity contribution in [3.05, 3.63) is 18.2 Å². The molecule has 1 aliphatic carbocycles. The fraction of sp³-hybridized carbons (Fsp3) is 0.750. The third-order valence-electron chi connectivity index (χ3n) is 3.62. The molecule has 1 aromatic rings. The summed E-state index contributed by atoms with van der Waals surface area (Å²) in [6, 6.07) is 0.669. The summed E-state index contributed by atoms with van der Waals surface area (Å²) in [5.41, 5.74) is 1.18. The zero-order valence-electron chi connectivity index (χ0n) is 10.1. The summed E-state index contributed by atoms with van der Waals surface area (Å²) in [6.07, 6.45) is 7.85. The largest absolute Gasteiger partial charge is 0.347 e. The maximum atomic E-state index is 4.02. The standard InChI is InChI=1S/C12H20N4.ClH/c1-2-10(1)7-16-4-3-11(8-16)14-6-12-5-13-9-15-12;/h5,9-11,14H,1-4,6-8H2,(H,13,15);1H. The Morgan fingerprint density at radius 1 is 1.41 bits per heavy atom. The number of rotatable bonds is 5. The van der Waals surface area contributed by atoms with Crippen molar-refractivity contribution in [1.29, 1.82) is 0 Å². The first kappa shape index (κ1) is 12.9. The average molecular weight is 257 g/mol. The summed E-state index contributed by atoms with van der Waals surface area (Å²) in [7, 11) is 0. The molecule has 1 aliphatic heterocycles. The van der Waals surface area contributed by atoms with Crippen LogP contribution in [0.2, 0.25) is 0 Å². The summed E-state index contributed by atoms with van der Waals surface area (Å²) < 4.78 is 0. The predicted molar refractivity (Wildman–Crippen MR) is 70.2 cm³/mol. The monoisotopic (exact) mass is 256 g/mol. The predicted octanol–water partition coefficient (Wildman–Crippen LogP) is 1.41. The highest BCUT2D eigenvalue weighted by atomic mass is 35.5. The van der Waals surface area contributed by atoms with E-state index in [9.17, 15) is 0 Å². The number of aromatic nitrogens is 2. The SMILES string of the molecule is Cl.c1ncc(CNC2CCN(CC3CC3)C2)[nH]1. The Balaban J connectivity index is 0.00000108. The van der Waals surface area contributed by atoms with Crippen molar-refractivity contribution in [2.45, 2.75) is 31.8 Å². The summed E-state index contributed by atoms with van der Waals surface area (Å²) in [4.78, 5) is 9.76. The van der Waals surface area contributed by atoms with E-state index in [1.54, 1.807) is 6.33 Å². The van der Waals surface area contributed by atoms with Gasteiger partial charge in [-0.25, -0.2) is 4.98 Å². The first-order valence-electron chi connectivity index (χ1n) is 6.33. The summed E-state index contributed by atoms with van der Waals surface area (Å²) in [5, 5.41) is 3.59. The minimum absolute atomic E-state index is 0. The van der Waals surface area contributed by atoms with Gasteiger partial charge in [0.15, 0.2) is 0 Å². The van der Waals surface area contributed by atoms with Gasteiger partial charge in [-0.2, -0.15) is 0 Å². The summed E-state index contributed by atoms with van der Waals surface area (Å²) in [5.74, 6) is 1.02. The summed E-state index contributed by atoms with van der Waals surface area (Å²) >= 11 is 0. The Bertz CT molecular complexity index is 323. The van der Waals surface area contributed by atoms with E-state index in [4.69, 9.17) is 0 Å². The van der Waals surface area contributed by atoms with Gasteiger partial charge in [-0.1, -0.05) is 0 Å². The molecule has 2 aliphatic rings. The number of likely N-dealkylation sites (tertiary alicyclic amines) is 1. The number of nitrogens with one attached hydrogen (secondary N) is 2. The number of hydrogen-bond donors (Lipinski definition) is 2. The smallest absolute Gasteiger partial charge is 0.0922 e. The average Bonchev–Trinajstić information content (AvgIpc) is 2.81. The third kappa shape index (κ3) is 3.69. The lowest BCUT2D eigenvalue weighted by atomic mass is 10.2. The number of halogens is 1. The van der Waals surface area contributed by atoms with E-state index < -0.39 is 0 Å². The van der Waals surface area contributed by atoms with Gasteiger partial charge >= 0.3 is 0 Å². The van der Waals surface area contributed by atoms with Gasteiger partial charge in [0.2, 0.25) is 0 Å². The van der Waals surface area contributed by atoms with Crippen molar-refractivity contribution in [2.75, 3.05) is 19.6 Å². The molecule has 0 radical (unpaired) electrons. The lowest BCUT2D eigenvalue weighted by molar-refractivity contribution is 0.314. The van der Waals surface area contributed by atoms with E-state index in [-0.39, 0.29) is 12.4 Å². The van der Waals surface area contributed by atoms with E-state index in [1.807, 2.05) is 6.20 Å². The molecule has 2 N–H and O–H groups in total. The summed E-state index contributed by atoms with van der Waals surface area (Å²) in [6.45, 7) is 4.76. The van der Waals surface area contributed by atoms with Crippen molar-refractivity contribution in [2.24, 2.45) is 5.92 Å². The molecule has 0 amide bonds. The van der Waals surface area contributed by atoms with E-state index in [2.05, 4.69) is 20.2 Å². The Morgan fingerprint density at radius 3 is 3.00 bits per heavy atom. The molecule has 96 valence electrons. The molecule has 2 fully saturated rings. The molecule has 0 spiro atoms. The molecule has 1 saturated heterocycles. The quantitative estimate of drug-likeness (QED) is 0.837. The van der Waals surface area contributed by atoms with Crippen LogP contribution >= 0.6 is 12.4 Å². The number of H-pyrrole nitrogens is 1. The molecule has 17 heavy (non-hydrogen) atoms. The first-order chi connectivity index (χ1) is 7.90. The van der Waals surface area contributed by atoms with E-state index in [1.165, 1.54) is 44.6 Å². The molecule has 0 aromatic carbocycles. The minimum Gasteiger partial charge on any atom is -0.347 e. The van der Waals surface area contributed by atoms with E-state index in [0.29, 0.717) is 6.04 Å². The van der Waals surface area contributed by atoms with Crippen molar-refractivity contribution in [3.8, 4) is 0 Å². The maximum Gasteiger partial charge on any atom is 0.0922 e. The van der Waals surface area contributed by atoms with Crippen molar-refractivity contribution in [1.82, 2.24) is 20.2 Å². The Labute approximate surface area is 109 Å². The Kier molecular flexibility index (Phi) is 4.42. The van der Waals surface area contributed by atoms with Gasteiger partial charge in [0.25, 0.3) is 0 Å². The second-order valence-corrected chi connectivity index (χ2v) is 5.15. The molecule has 0 bridgehead atoms. The van der Waals surface area contributed by atoms with Gasteiger partial charge in [0, 0.05) is 37.6 Å². The second kappa shape index (κ2) is 5.85.